The van der Waals surface area contributed by atoms with Crippen LogP contribution in [0.15, 0.2) is 48.2 Å². The molecular formula is C26H25F4N5O4. The number of rotatable bonds is 7. The summed E-state index contributed by atoms with van der Waals surface area (Å²) >= 11 is 0. The fraction of sp³-hybridized carbons (Fsp3) is 0.346. The van der Waals surface area contributed by atoms with E-state index in [1.807, 2.05) is 13.0 Å². The molecule has 0 radical (unpaired) electrons. The lowest BCUT2D eigenvalue weighted by atomic mass is 9.76. The smallest absolute Gasteiger partial charge is 0.419 e. The van der Waals surface area contributed by atoms with E-state index < -0.39 is 34.8 Å². The Morgan fingerprint density at radius 1 is 1.10 bits per heavy atom. The minimum atomic E-state index is -4.88. The van der Waals surface area contributed by atoms with Crippen molar-refractivity contribution in [3.05, 3.63) is 76.5 Å². The maximum Gasteiger partial charge on any atom is 0.419 e. The van der Waals surface area contributed by atoms with Crippen LogP contribution >= 0.6 is 0 Å². The van der Waals surface area contributed by atoms with Crippen LogP contribution in [0.25, 0.3) is 5.65 Å². The largest absolute Gasteiger partial charge is 0.469 e. The number of benzene rings is 1. The van der Waals surface area contributed by atoms with Crippen molar-refractivity contribution in [1.29, 1.82) is 0 Å². The number of ether oxygens (including phenoxy) is 1. The first-order valence-corrected chi connectivity index (χ1v) is 11.9. The van der Waals surface area contributed by atoms with Gasteiger partial charge in [0.25, 0.3) is 11.8 Å². The highest BCUT2D eigenvalue weighted by Gasteiger charge is 2.36. The van der Waals surface area contributed by atoms with Gasteiger partial charge in [-0.15, -0.1) is 0 Å². The van der Waals surface area contributed by atoms with Crippen molar-refractivity contribution >= 4 is 23.4 Å². The Morgan fingerprint density at radius 3 is 2.51 bits per heavy atom. The molecule has 4 rings (SSSR count). The van der Waals surface area contributed by atoms with Crippen LogP contribution in [-0.4, -0.2) is 46.0 Å². The lowest BCUT2D eigenvalue weighted by Crippen LogP contribution is -2.33. The summed E-state index contributed by atoms with van der Waals surface area (Å²) in [5, 5.41) is 9.30. The molecule has 2 heterocycles. The van der Waals surface area contributed by atoms with E-state index in [9.17, 15) is 31.9 Å². The molecule has 9 nitrogen and oxygen atoms in total. The summed E-state index contributed by atoms with van der Waals surface area (Å²) in [7, 11) is 1.35. The molecular weight excluding hydrogens is 522 g/mol. The van der Waals surface area contributed by atoms with Gasteiger partial charge in [0.1, 0.15) is 17.2 Å². The molecule has 2 amide bonds. The van der Waals surface area contributed by atoms with E-state index in [0.717, 1.165) is 11.6 Å². The van der Waals surface area contributed by atoms with Gasteiger partial charge in [0.15, 0.2) is 5.65 Å². The molecule has 1 unspecified atom stereocenters. The number of alkyl halides is 3. The number of fused-ring (bicyclic) bond motifs is 1. The Hall–Kier alpha value is -4.29. The third-order valence-corrected chi connectivity index (χ3v) is 6.61. The minimum absolute atomic E-state index is 0.0205. The molecule has 39 heavy (non-hydrogen) atoms. The Kier molecular flexibility index (Phi) is 7.70. The Bertz CT molecular complexity index is 1470. The van der Waals surface area contributed by atoms with E-state index in [1.54, 1.807) is 0 Å². The monoisotopic (exact) mass is 547 g/mol. The molecule has 1 aliphatic carbocycles. The fourth-order valence-corrected chi connectivity index (χ4v) is 4.25. The molecule has 0 saturated carbocycles. The number of hydrogen-bond donors (Lipinski definition) is 2. The average molecular weight is 548 g/mol. The summed E-state index contributed by atoms with van der Waals surface area (Å²) < 4.78 is 58.6. The van der Waals surface area contributed by atoms with Crippen LogP contribution in [0.3, 0.4) is 0 Å². The number of aromatic nitrogens is 3. The number of amides is 2. The third kappa shape index (κ3) is 6.07. The number of hydrogen-bond acceptors (Lipinski definition) is 6. The van der Waals surface area contributed by atoms with Crippen LogP contribution in [0.4, 0.5) is 17.6 Å². The van der Waals surface area contributed by atoms with Crippen molar-refractivity contribution in [2.24, 2.45) is 5.41 Å². The van der Waals surface area contributed by atoms with Gasteiger partial charge in [-0.2, -0.15) is 18.3 Å². The van der Waals surface area contributed by atoms with Crippen LogP contribution in [0, 0.1) is 11.2 Å². The Balaban J connectivity index is 1.46. The normalized spacial score (nSPS) is 17.4. The minimum Gasteiger partial charge on any atom is -0.469 e. The number of nitrogens with zero attached hydrogens (tertiary/aromatic N) is 3. The Morgan fingerprint density at radius 2 is 1.85 bits per heavy atom. The van der Waals surface area contributed by atoms with Gasteiger partial charge >= 0.3 is 12.1 Å². The molecule has 2 aromatic heterocycles. The summed E-state index contributed by atoms with van der Waals surface area (Å²) in [5.74, 6) is -2.98. The van der Waals surface area contributed by atoms with Crippen molar-refractivity contribution in [3.63, 3.8) is 0 Å². The van der Waals surface area contributed by atoms with E-state index in [-0.39, 0.29) is 41.7 Å². The first kappa shape index (κ1) is 27.7. The second kappa shape index (κ2) is 10.8. The number of halogens is 4. The summed E-state index contributed by atoms with van der Waals surface area (Å²) in [6, 6.07) is 5.14. The maximum absolute atomic E-state index is 13.5. The molecule has 206 valence electrons. The predicted octanol–water partition coefficient (Wildman–Crippen LogP) is 3.84. The first-order chi connectivity index (χ1) is 18.4. The number of carbonyl (C=O) groups is 3. The molecule has 0 spiro atoms. The fourth-order valence-electron chi connectivity index (χ4n) is 4.25. The summed E-state index contributed by atoms with van der Waals surface area (Å²) in [6.45, 7) is 1.72. The average Bonchev–Trinajstić information content (AvgIpc) is 3.39. The summed E-state index contributed by atoms with van der Waals surface area (Å²) in [5.41, 5.74) is -1.01. The van der Waals surface area contributed by atoms with Crippen LogP contribution in [0.1, 0.15) is 58.3 Å². The second-order valence-corrected chi connectivity index (χ2v) is 9.42. The molecule has 1 atom stereocenters. The highest BCUT2D eigenvalue weighted by Crippen LogP contribution is 2.36. The highest BCUT2D eigenvalue weighted by atomic mass is 19.4. The zero-order chi connectivity index (χ0) is 28.4. The van der Waals surface area contributed by atoms with Gasteiger partial charge in [0.2, 0.25) is 0 Å². The van der Waals surface area contributed by atoms with Gasteiger partial charge in [-0.05, 0) is 43.9 Å². The van der Waals surface area contributed by atoms with Crippen molar-refractivity contribution in [3.8, 4) is 0 Å². The molecule has 0 aliphatic heterocycles. The van der Waals surface area contributed by atoms with Gasteiger partial charge in [0.05, 0.1) is 24.3 Å². The lowest BCUT2D eigenvalue weighted by Gasteiger charge is -2.30. The number of methoxy groups -OCH3 is 1. The Labute approximate surface area is 220 Å². The van der Waals surface area contributed by atoms with Crippen molar-refractivity contribution in [1.82, 2.24) is 25.2 Å². The van der Waals surface area contributed by atoms with Crippen LogP contribution in [0.2, 0.25) is 0 Å². The van der Waals surface area contributed by atoms with Crippen molar-refractivity contribution < 1.29 is 36.7 Å². The van der Waals surface area contributed by atoms with Gasteiger partial charge in [-0.3, -0.25) is 14.4 Å². The van der Waals surface area contributed by atoms with Gasteiger partial charge < -0.3 is 15.4 Å². The molecule has 0 fully saturated rings. The summed E-state index contributed by atoms with van der Waals surface area (Å²) in [4.78, 5) is 42.0. The standard InChI is InChI=1S/C26H25F4N5O4/c1-25(24(38)39-2)8-5-15(6-9-25)13-32-23(37)20-12-19(34-21-7-10-33-35(20)21)22(36)31-14-16-3-4-18(27)17(11-16)26(28,29)30/h3-5,7,10-12H,6,8-9,13-14H2,1-2H3,(H,31,36)(H,32,37). The number of esters is 1. The molecule has 0 saturated heterocycles. The number of carbonyl (C=O) groups excluding carboxylic acids is 3. The highest BCUT2D eigenvalue weighted by molar-refractivity contribution is 5.98. The first-order valence-electron chi connectivity index (χ1n) is 11.9. The quantitative estimate of drug-likeness (QED) is 0.264. The van der Waals surface area contributed by atoms with Crippen molar-refractivity contribution in [2.45, 2.75) is 38.9 Å². The zero-order valence-electron chi connectivity index (χ0n) is 21.1. The van der Waals surface area contributed by atoms with E-state index in [1.165, 1.54) is 30.0 Å². The van der Waals surface area contributed by atoms with Crippen molar-refractivity contribution in [2.75, 3.05) is 13.7 Å². The molecule has 1 aromatic carbocycles. The summed E-state index contributed by atoms with van der Waals surface area (Å²) in [6.07, 6.45) is 0.0575. The van der Waals surface area contributed by atoms with E-state index in [4.69, 9.17) is 4.74 Å². The molecule has 2 N–H and O–H groups in total. The maximum atomic E-state index is 13.5. The SMILES string of the molecule is COC(=O)C1(C)CC=C(CNC(=O)c2cc(C(=O)NCc3ccc(F)c(C(F)(F)F)c3)nc3ccnn23)CC1. The zero-order valence-corrected chi connectivity index (χ0v) is 21.1. The molecule has 0 bridgehead atoms. The third-order valence-electron chi connectivity index (χ3n) is 6.61. The molecule has 1 aliphatic rings. The number of nitrogens with one attached hydrogen (secondary N) is 2. The van der Waals surface area contributed by atoms with Crippen LogP contribution in [0.5, 0.6) is 0 Å². The second-order valence-electron chi connectivity index (χ2n) is 9.42. The van der Waals surface area contributed by atoms with Crippen LogP contribution in [-0.2, 0) is 22.3 Å². The van der Waals surface area contributed by atoms with Crippen LogP contribution < -0.4 is 10.6 Å². The topological polar surface area (TPSA) is 115 Å². The van der Waals surface area contributed by atoms with Gasteiger partial charge in [-0.1, -0.05) is 17.7 Å². The number of allylic oxidation sites excluding steroid dienone is 1. The van der Waals surface area contributed by atoms with Gasteiger partial charge in [0, 0.05) is 25.2 Å². The van der Waals surface area contributed by atoms with Gasteiger partial charge in [-0.25, -0.2) is 13.9 Å². The van der Waals surface area contributed by atoms with E-state index in [2.05, 4.69) is 20.7 Å². The van der Waals surface area contributed by atoms with E-state index in [0.29, 0.717) is 31.4 Å². The molecule has 13 heteroatoms. The lowest BCUT2D eigenvalue weighted by molar-refractivity contribution is -0.152. The molecule has 3 aromatic rings. The van der Waals surface area contributed by atoms with E-state index >= 15 is 0 Å². The predicted molar refractivity (Wildman–Crippen MR) is 130 cm³/mol.